The van der Waals surface area contributed by atoms with Crippen molar-refractivity contribution in [3.63, 3.8) is 0 Å². The van der Waals surface area contributed by atoms with Crippen molar-refractivity contribution in [2.45, 2.75) is 24.3 Å². The van der Waals surface area contributed by atoms with Crippen molar-refractivity contribution >= 4 is 15.7 Å². The van der Waals surface area contributed by atoms with Crippen molar-refractivity contribution in [2.75, 3.05) is 12.9 Å². The number of fused-ring (bicyclic) bond motifs is 1. The molecule has 132 valence electrons. The lowest BCUT2D eigenvalue weighted by atomic mass is 9.95. The number of nitrogens with one attached hydrogen (secondary N) is 1. The van der Waals surface area contributed by atoms with Crippen molar-refractivity contribution in [1.29, 1.82) is 0 Å². The third-order valence-corrected chi connectivity index (χ3v) is 5.55. The van der Waals surface area contributed by atoms with Gasteiger partial charge < -0.3 is 10.1 Å². The summed E-state index contributed by atoms with van der Waals surface area (Å²) >= 11 is 0. The van der Waals surface area contributed by atoms with Crippen LogP contribution in [-0.2, 0) is 21.1 Å². The maximum Gasteiger partial charge on any atom is 0.227 e. The van der Waals surface area contributed by atoms with Crippen molar-refractivity contribution in [1.82, 2.24) is 5.32 Å². The quantitative estimate of drug-likeness (QED) is 0.910. The Labute approximate surface area is 147 Å². The van der Waals surface area contributed by atoms with E-state index in [-0.39, 0.29) is 22.8 Å². The highest BCUT2D eigenvalue weighted by molar-refractivity contribution is 7.90. The SMILES string of the molecule is C[C@H](NC(=O)[C@H]1COc2ccccc2C1)c1ccc(S(C)(=O)=O)cc1. The Hall–Kier alpha value is -2.34. The van der Waals surface area contributed by atoms with Gasteiger partial charge in [0.2, 0.25) is 5.91 Å². The lowest BCUT2D eigenvalue weighted by molar-refractivity contribution is -0.126. The van der Waals surface area contributed by atoms with E-state index in [2.05, 4.69) is 5.32 Å². The molecule has 1 N–H and O–H groups in total. The van der Waals surface area contributed by atoms with Crippen LogP contribution in [-0.4, -0.2) is 27.2 Å². The Morgan fingerprint density at radius 1 is 1.16 bits per heavy atom. The van der Waals surface area contributed by atoms with Crippen LogP contribution in [0.1, 0.15) is 24.1 Å². The smallest absolute Gasteiger partial charge is 0.227 e. The number of benzene rings is 2. The van der Waals surface area contributed by atoms with Crippen LogP contribution in [0.15, 0.2) is 53.4 Å². The second kappa shape index (κ2) is 6.88. The molecule has 2 aromatic carbocycles. The third-order valence-electron chi connectivity index (χ3n) is 4.42. The normalized spacial score (nSPS) is 17.9. The van der Waals surface area contributed by atoms with Gasteiger partial charge in [-0.15, -0.1) is 0 Å². The maximum absolute atomic E-state index is 12.5. The van der Waals surface area contributed by atoms with Gasteiger partial charge in [0, 0.05) is 6.26 Å². The molecule has 6 heteroatoms. The van der Waals surface area contributed by atoms with E-state index in [4.69, 9.17) is 4.74 Å². The number of amides is 1. The third kappa shape index (κ3) is 4.02. The van der Waals surface area contributed by atoms with Crippen LogP contribution in [0.5, 0.6) is 5.75 Å². The van der Waals surface area contributed by atoms with Crippen LogP contribution in [0.2, 0.25) is 0 Å². The number of carbonyl (C=O) groups is 1. The molecule has 0 unspecified atom stereocenters. The molecule has 1 amide bonds. The summed E-state index contributed by atoms with van der Waals surface area (Å²) in [5.74, 6) is 0.554. The molecule has 1 aliphatic rings. The number of rotatable bonds is 4. The highest BCUT2D eigenvalue weighted by Gasteiger charge is 2.26. The van der Waals surface area contributed by atoms with E-state index in [0.29, 0.717) is 13.0 Å². The second-order valence-electron chi connectivity index (χ2n) is 6.39. The van der Waals surface area contributed by atoms with Crippen molar-refractivity contribution in [2.24, 2.45) is 5.92 Å². The number of carbonyl (C=O) groups excluding carboxylic acids is 1. The predicted octanol–water partition coefficient (Wildman–Crippen LogP) is 2.52. The molecule has 2 atom stereocenters. The molecule has 3 rings (SSSR count). The fourth-order valence-electron chi connectivity index (χ4n) is 2.91. The van der Waals surface area contributed by atoms with Crippen molar-refractivity contribution in [3.8, 4) is 5.75 Å². The van der Waals surface area contributed by atoms with Gasteiger partial charge in [0.05, 0.1) is 16.9 Å². The summed E-state index contributed by atoms with van der Waals surface area (Å²) in [4.78, 5) is 12.8. The number of hydrogen-bond donors (Lipinski definition) is 1. The summed E-state index contributed by atoms with van der Waals surface area (Å²) in [7, 11) is -3.22. The molecule has 0 saturated heterocycles. The highest BCUT2D eigenvalue weighted by atomic mass is 32.2. The average molecular weight is 359 g/mol. The average Bonchev–Trinajstić information content (AvgIpc) is 2.60. The molecule has 5 nitrogen and oxygen atoms in total. The summed E-state index contributed by atoms with van der Waals surface area (Å²) in [5, 5.41) is 2.99. The first-order valence-corrected chi connectivity index (χ1v) is 10.0. The van der Waals surface area contributed by atoms with Crippen LogP contribution in [0.3, 0.4) is 0 Å². The zero-order valence-electron chi connectivity index (χ0n) is 14.2. The second-order valence-corrected chi connectivity index (χ2v) is 8.41. The van der Waals surface area contributed by atoms with Crippen molar-refractivity contribution in [3.05, 3.63) is 59.7 Å². The van der Waals surface area contributed by atoms with Gasteiger partial charge in [0.15, 0.2) is 9.84 Å². The van der Waals surface area contributed by atoms with Crippen LogP contribution < -0.4 is 10.1 Å². The molecule has 0 aliphatic carbocycles. The monoisotopic (exact) mass is 359 g/mol. The molecule has 0 spiro atoms. The minimum absolute atomic E-state index is 0.0609. The van der Waals surface area contributed by atoms with E-state index >= 15 is 0 Å². The van der Waals surface area contributed by atoms with Crippen LogP contribution in [0.4, 0.5) is 0 Å². The Kier molecular flexibility index (Phi) is 4.81. The Balaban J connectivity index is 1.65. The number of para-hydroxylation sites is 1. The molecule has 0 radical (unpaired) electrons. The van der Waals surface area contributed by atoms with Gasteiger partial charge in [0.1, 0.15) is 12.4 Å². The molecule has 1 heterocycles. The van der Waals surface area contributed by atoms with E-state index in [1.807, 2.05) is 31.2 Å². The molecule has 0 bridgehead atoms. The zero-order valence-corrected chi connectivity index (χ0v) is 15.0. The predicted molar refractivity (Wildman–Crippen MR) is 95.2 cm³/mol. The fraction of sp³-hybridized carbons (Fsp3) is 0.316. The van der Waals surface area contributed by atoms with E-state index < -0.39 is 9.84 Å². The fourth-order valence-corrected chi connectivity index (χ4v) is 3.55. The molecular formula is C19H21NO4S. The van der Waals surface area contributed by atoms with Crippen LogP contribution in [0.25, 0.3) is 0 Å². The lowest BCUT2D eigenvalue weighted by Gasteiger charge is -2.26. The van der Waals surface area contributed by atoms with E-state index in [1.54, 1.807) is 24.3 Å². The lowest BCUT2D eigenvalue weighted by Crippen LogP contribution is -2.38. The maximum atomic E-state index is 12.5. The summed E-state index contributed by atoms with van der Waals surface area (Å²) in [5.41, 5.74) is 1.90. The van der Waals surface area contributed by atoms with Gasteiger partial charge in [-0.1, -0.05) is 30.3 Å². The van der Waals surface area contributed by atoms with Gasteiger partial charge in [-0.2, -0.15) is 0 Å². The molecule has 0 saturated carbocycles. The number of ether oxygens (including phenoxy) is 1. The zero-order chi connectivity index (χ0) is 18.0. The minimum Gasteiger partial charge on any atom is -0.492 e. The molecule has 1 aliphatic heterocycles. The topological polar surface area (TPSA) is 72.5 Å². The summed E-state index contributed by atoms with van der Waals surface area (Å²) in [6, 6.07) is 14.1. The molecule has 0 aromatic heterocycles. The first kappa shape index (κ1) is 17.5. The Morgan fingerprint density at radius 3 is 2.52 bits per heavy atom. The molecule has 0 fully saturated rings. The van der Waals surface area contributed by atoms with Gasteiger partial charge in [0.25, 0.3) is 0 Å². The van der Waals surface area contributed by atoms with Crippen molar-refractivity contribution < 1.29 is 17.9 Å². The molecule has 25 heavy (non-hydrogen) atoms. The summed E-state index contributed by atoms with van der Waals surface area (Å²) < 4.78 is 28.7. The Bertz CT molecular complexity index is 875. The van der Waals surface area contributed by atoms with Gasteiger partial charge in [-0.05, 0) is 42.7 Å². The van der Waals surface area contributed by atoms with Gasteiger partial charge in [-0.25, -0.2) is 8.42 Å². The highest BCUT2D eigenvalue weighted by Crippen LogP contribution is 2.27. The summed E-state index contributed by atoms with van der Waals surface area (Å²) in [6.45, 7) is 2.24. The van der Waals surface area contributed by atoms with Gasteiger partial charge in [-0.3, -0.25) is 4.79 Å². The first-order valence-electron chi connectivity index (χ1n) is 8.15. The molecule has 2 aromatic rings. The number of sulfone groups is 1. The van der Waals surface area contributed by atoms with Crippen LogP contribution in [0, 0.1) is 5.92 Å². The minimum atomic E-state index is -3.22. The van der Waals surface area contributed by atoms with Gasteiger partial charge >= 0.3 is 0 Å². The van der Waals surface area contributed by atoms with Crippen LogP contribution >= 0.6 is 0 Å². The standard InChI is InChI=1S/C19H21NO4S/c1-13(14-7-9-17(10-8-14)25(2,22)23)20-19(21)16-11-15-5-3-4-6-18(15)24-12-16/h3-10,13,16H,11-12H2,1-2H3,(H,20,21)/t13-,16+/m0/s1. The largest absolute Gasteiger partial charge is 0.492 e. The Morgan fingerprint density at radius 2 is 1.84 bits per heavy atom. The first-order chi connectivity index (χ1) is 11.8. The van der Waals surface area contributed by atoms with E-state index in [0.717, 1.165) is 16.9 Å². The van der Waals surface area contributed by atoms with E-state index in [1.165, 1.54) is 6.26 Å². The number of hydrogen-bond acceptors (Lipinski definition) is 4. The molecular weight excluding hydrogens is 338 g/mol. The van der Waals surface area contributed by atoms with E-state index in [9.17, 15) is 13.2 Å². The summed E-state index contributed by atoms with van der Waals surface area (Å²) in [6.07, 6.45) is 1.83.